The Morgan fingerprint density at radius 1 is 1.44 bits per heavy atom. The molecule has 0 aliphatic heterocycles. The molecule has 0 N–H and O–H groups in total. The Labute approximate surface area is 110 Å². The van der Waals surface area contributed by atoms with Crippen LogP contribution in [0.15, 0.2) is 18.3 Å². The standard InChI is InChI=1S/C12H13ClN4O/c1-18-10-6-8(4-5-14-10)7-17-11(9-2-3-9)15-16-12(17)13/h4-6,9H,2-3,7H2,1H3. The van der Waals surface area contributed by atoms with E-state index in [9.17, 15) is 0 Å². The minimum atomic E-state index is 0.438. The zero-order chi connectivity index (χ0) is 12.5. The monoisotopic (exact) mass is 264 g/mol. The van der Waals surface area contributed by atoms with Gasteiger partial charge in [0.05, 0.1) is 13.7 Å². The van der Waals surface area contributed by atoms with E-state index in [0.717, 1.165) is 11.4 Å². The van der Waals surface area contributed by atoms with Crippen LogP contribution in [0.1, 0.15) is 30.1 Å². The summed E-state index contributed by atoms with van der Waals surface area (Å²) >= 11 is 6.08. The Morgan fingerprint density at radius 2 is 2.28 bits per heavy atom. The van der Waals surface area contributed by atoms with E-state index in [1.807, 2.05) is 16.7 Å². The van der Waals surface area contributed by atoms with Crippen LogP contribution in [0.4, 0.5) is 0 Å². The maximum atomic E-state index is 6.08. The van der Waals surface area contributed by atoms with Crippen LogP contribution in [0.2, 0.25) is 5.28 Å². The van der Waals surface area contributed by atoms with Crippen molar-refractivity contribution in [2.75, 3.05) is 7.11 Å². The summed E-state index contributed by atoms with van der Waals surface area (Å²) in [6.07, 6.45) is 4.08. The average Bonchev–Trinajstić information content (AvgIpc) is 3.17. The number of rotatable bonds is 4. The van der Waals surface area contributed by atoms with E-state index >= 15 is 0 Å². The molecule has 18 heavy (non-hydrogen) atoms. The smallest absolute Gasteiger partial charge is 0.225 e. The van der Waals surface area contributed by atoms with Crippen LogP contribution >= 0.6 is 11.6 Å². The minimum absolute atomic E-state index is 0.438. The maximum absolute atomic E-state index is 6.08. The van der Waals surface area contributed by atoms with Crippen LogP contribution in [0.5, 0.6) is 5.88 Å². The summed E-state index contributed by atoms with van der Waals surface area (Å²) in [5, 5.41) is 8.54. The van der Waals surface area contributed by atoms with Crippen LogP contribution in [0.3, 0.4) is 0 Å². The van der Waals surface area contributed by atoms with Crippen molar-refractivity contribution in [1.29, 1.82) is 0 Å². The van der Waals surface area contributed by atoms with Crippen molar-refractivity contribution in [3.05, 3.63) is 35.0 Å². The molecule has 0 aromatic carbocycles. The molecule has 0 saturated heterocycles. The SMILES string of the molecule is COc1cc(Cn2c(Cl)nnc2C2CC2)ccn1. The third-order valence-corrected chi connectivity index (χ3v) is 3.31. The van der Waals surface area contributed by atoms with Crippen LogP contribution < -0.4 is 4.74 Å². The van der Waals surface area contributed by atoms with E-state index in [2.05, 4.69) is 15.2 Å². The van der Waals surface area contributed by atoms with Gasteiger partial charge in [-0.1, -0.05) is 0 Å². The molecule has 2 aromatic rings. The van der Waals surface area contributed by atoms with Gasteiger partial charge in [-0.15, -0.1) is 10.2 Å². The molecule has 3 rings (SSSR count). The van der Waals surface area contributed by atoms with Crippen molar-refractivity contribution in [1.82, 2.24) is 19.7 Å². The summed E-state index contributed by atoms with van der Waals surface area (Å²) in [5.74, 6) is 2.11. The molecule has 0 radical (unpaired) electrons. The summed E-state index contributed by atoms with van der Waals surface area (Å²) < 4.78 is 7.06. The lowest BCUT2D eigenvalue weighted by molar-refractivity contribution is 0.397. The molecule has 2 aromatic heterocycles. The van der Waals surface area contributed by atoms with Gasteiger partial charge in [0.25, 0.3) is 0 Å². The van der Waals surface area contributed by atoms with Crippen molar-refractivity contribution in [2.24, 2.45) is 0 Å². The van der Waals surface area contributed by atoms with Gasteiger partial charge >= 0.3 is 0 Å². The van der Waals surface area contributed by atoms with Crippen molar-refractivity contribution in [3.63, 3.8) is 0 Å². The molecule has 1 aliphatic carbocycles. The first kappa shape index (κ1) is 11.5. The van der Waals surface area contributed by atoms with E-state index in [0.29, 0.717) is 23.6 Å². The molecule has 2 heterocycles. The fraction of sp³-hybridized carbons (Fsp3) is 0.417. The van der Waals surface area contributed by atoms with Gasteiger partial charge < -0.3 is 4.74 Å². The Balaban J connectivity index is 1.89. The fourth-order valence-corrected chi connectivity index (χ4v) is 2.11. The molecule has 0 amide bonds. The second-order valence-electron chi connectivity index (χ2n) is 4.39. The zero-order valence-electron chi connectivity index (χ0n) is 10.0. The molecule has 1 fully saturated rings. The number of methoxy groups -OCH3 is 1. The van der Waals surface area contributed by atoms with E-state index < -0.39 is 0 Å². The quantitative estimate of drug-likeness (QED) is 0.850. The van der Waals surface area contributed by atoms with Crippen LogP contribution in [-0.2, 0) is 6.54 Å². The number of pyridine rings is 1. The highest BCUT2D eigenvalue weighted by Crippen LogP contribution is 2.39. The molecule has 1 saturated carbocycles. The third kappa shape index (κ3) is 2.18. The highest BCUT2D eigenvalue weighted by atomic mass is 35.5. The summed E-state index contributed by atoms with van der Waals surface area (Å²) in [7, 11) is 1.60. The average molecular weight is 265 g/mol. The zero-order valence-corrected chi connectivity index (χ0v) is 10.8. The number of halogens is 1. The summed E-state index contributed by atoms with van der Waals surface area (Å²) in [6.45, 7) is 0.649. The summed E-state index contributed by atoms with van der Waals surface area (Å²) in [4.78, 5) is 4.08. The van der Waals surface area contributed by atoms with Crippen molar-refractivity contribution < 1.29 is 4.74 Å². The predicted molar refractivity (Wildman–Crippen MR) is 66.9 cm³/mol. The summed E-state index contributed by atoms with van der Waals surface area (Å²) in [5.41, 5.74) is 1.07. The Morgan fingerprint density at radius 3 is 3.00 bits per heavy atom. The minimum Gasteiger partial charge on any atom is -0.481 e. The first-order chi connectivity index (χ1) is 8.78. The first-order valence-electron chi connectivity index (χ1n) is 5.85. The molecule has 0 spiro atoms. The fourth-order valence-electron chi connectivity index (χ4n) is 1.93. The van der Waals surface area contributed by atoms with Crippen LogP contribution in [0.25, 0.3) is 0 Å². The van der Waals surface area contributed by atoms with E-state index in [4.69, 9.17) is 16.3 Å². The number of hydrogen-bond acceptors (Lipinski definition) is 4. The number of ether oxygens (including phenoxy) is 1. The number of nitrogens with zero attached hydrogens (tertiary/aromatic N) is 4. The largest absolute Gasteiger partial charge is 0.481 e. The second kappa shape index (κ2) is 4.57. The van der Waals surface area contributed by atoms with Gasteiger partial charge in [0.1, 0.15) is 5.82 Å². The molecule has 0 atom stereocenters. The van der Waals surface area contributed by atoms with E-state index in [1.165, 1.54) is 12.8 Å². The van der Waals surface area contributed by atoms with E-state index in [-0.39, 0.29) is 0 Å². The van der Waals surface area contributed by atoms with Crippen LogP contribution in [0, 0.1) is 0 Å². The van der Waals surface area contributed by atoms with Gasteiger partial charge in [-0.3, -0.25) is 4.57 Å². The lowest BCUT2D eigenvalue weighted by Crippen LogP contribution is -2.05. The summed E-state index contributed by atoms with van der Waals surface area (Å²) in [6, 6.07) is 3.84. The van der Waals surface area contributed by atoms with Crippen molar-refractivity contribution in [2.45, 2.75) is 25.3 Å². The van der Waals surface area contributed by atoms with Gasteiger partial charge in [0.2, 0.25) is 11.2 Å². The molecule has 94 valence electrons. The van der Waals surface area contributed by atoms with E-state index in [1.54, 1.807) is 13.3 Å². The number of hydrogen-bond donors (Lipinski definition) is 0. The molecular weight excluding hydrogens is 252 g/mol. The number of aromatic nitrogens is 4. The van der Waals surface area contributed by atoms with Gasteiger partial charge in [-0.25, -0.2) is 4.98 Å². The van der Waals surface area contributed by atoms with Gasteiger partial charge in [-0.2, -0.15) is 0 Å². The normalized spacial score (nSPS) is 14.8. The van der Waals surface area contributed by atoms with Gasteiger partial charge in [0.15, 0.2) is 0 Å². The van der Waals surface area contributed by atoms with Crippen LogP contribution in [-0.4, -0.2) is 26.9 Å². The Bertz CT molecular complexity index is 565. The second-order valence-corrected chi connectivity index (χ2v) is 4.73. The maximum Gasteiger partial charge on any atom is 0.225 e. The van der Waals surface area contributed by atoms with Gasteiger partial charge in [-0.05, 0) is 36.1 Å². The molecule has 1 aliphatic rings. The Kier molecular flexibility index (Phi) is 2.91. The highest BCUT2D eigenvalue weighted by Gasteiger charge is 2.30. The Hall–Kier alpha value is -1.62. The first-order valence-corrected chi connectivity index (χ1v) is 6.23. The topological polar surface area (TPSA) is 52.8 Å². The molecule has 6 heteroatoms. The third-order valence-electron chi connectivity index (χ3n) is 3.03. The van der Waals surface area contributed by atoms with Crippen molar-refractivity contribution in [3.8, 4) is 5.88 Å². The lowest BCUT2D eigenvalue weighted by Gasteiger charge is -2.08. The highest BCUT2D eigenvalue weighted by molar-refractivity contribution is 6.28. The van der Waals surface area contributed by atoms with Crippen molar-refractivity contribution >= 4 is 11.6 Å². The molecular formula is C12H13ClN4O. The predicted octanol–water partition coefficient (Wildman–Crippen LogP) is 2.26. The molecule has 5 nitrogen and oxygen atoms in total. The lowest BCUT2D eigenvalue weighted by atomic mass is 10.2. The molecule has 0 bridgehead atoms. The van der Waals surface area contributed by atoms with Gasteiger partial charge in [0, 0.05) is 18.2 Å². The molecule has 0 unspecified atom stereocenters.